The van der Waals surface area contributed by atoms with Crippen LogP contribution in [0, 0.1) is 6.92 Å². The van der Waals surface area contributed by atoms with Gasteiger partial charge < -0.3 is 5.32 Å². The molecule has 0 fully saturated rings. The smallest absolute Gasteiger partial charge is 0.157 e. The zero-order valence-corrected chi connectivity index (χ0v) is 13.0. The molecule has 2 heterocycles. The van der Waals surface area contributed by atoms with E-state index >= 15 is 0 Å². The highest BCUT2D eigenvalue weighted by Crippen LogP contribution is 2.24. The number of benzene rings is 1. The fraction of sp³-hybridized carbons (Fsp3) is 0.250. The van der Waals surface area contributed by atoms with Crippen molar-refractivity contribution in [1.82, 2.24) is 14.8 Å². The quantitative estimate of drug-likeness (QED) is 0.792. The van der Waals surface area contributed by atoms with E-state index in [4.69, 9.17) is 11.6 Å². The molecule has 0 saturated heterocycles. The Bertz CT molecular complexity index is 794. The molecule has 5 heteroatoms. The molecular weight excluding hydrogens is 284 g/mol. The van der Waals surface area contributed by atoms with Crippen LogP contribution in [-0.4, -0.2) is 14.8 Å². The van der Waals surface area contributed by atoms with Crippen molar-refractivity contribution in [2.75, 3.05) is 5.32 Å². The summed E-state index contributed by atoms with van der Waals surface area (Å²) in [6.45, 7) is 4.10. The molecule has 0 aliphatic carbocycles. The lowest BCUT2D eigenvalue weighted by molar-refractivity contribution is 0.773. The lowest BCUT2D eigenvalue weighted by Crippen LogP contribution is -2.06. The number of hydrogen-bond acceptors (Lipinski definition) is 3. The van der Waals surface area contributed by atoms with Gasteiger partial charge in [-0.15, -0.1) is 0 Å². The van der Waals surface area contributed by atoms with Gasteiger partial charge in [0.05, 0.1) is 17.6 Å². The van der Waals surface area contributed by atoms with E-state index in [1.165, 1.54) is 0 Å². The Labute approximate surface area is 128 Å². The van der Waals surface area contributed by atoms with Crippen LogP contribution >= 0.6 is 11.6 Å². The molecule has 1 N–H and O–H groups in total. The lowest BCUT2D eigenvalue weighted by Gasteiger charge is -2.15. The second-order valence-electron chi connectivity index (χ2n) is 5.23. The standard InChI is InChI=1S/C16H17ClN4/c1-10(12-5-4-6-13(17)7-12)19-14-8-15-11(2)20-21(3)16(15)18-9-14/h4-10,19H,1-3H3. The Balaban J connectivity index is 1.89. The molecule has 21 heavy (non-hydrogen) atoms. The average molecular weight is 301 g/mol. The Morgan fingerprint density at radius 2 is 2.10 bits per heavy atom. The molecule has 3 rings (SSSR count). The van der Waals surface area contributed by atoms with Gasteiger partial charge in [0.25, 0.3) is 0 Å². The van der Waals surface area contributed by atoms with Crippen molar-refractivity contribution in [1.29, 1.82) is 0 Å². The number of nitrogens with zero attached hydrogens (tertiary/aromatic N) is 3. The third-order valence-electron chi connectivity index (χ3n) is 3.59. The molecule has 0 saturated carbocycles. The molecule has 1 aromatic carbocycles. The molecule has 0 aliphatic rings. The van der Waals surface area contributed by atoms with Gasteiger partial charge in [-0.3, -0.25) is 4.68 Å². The summed E-state index contributed by atoms with van der Waals surface area (Å²) in [5.41, 5.74) is 4.00. The van der Waals surface area contributed by atoms with E-state index in [0.29, 0.717) is 0 Å². The number of hydrogen-bond donors (Lipinski definition) is 1. The van der Waals surface area contributed by atoms with E-state index in [1.54, 1.807) is 4.68 Å². The minimum Gasteiger partial charge on any atom is -0.377 e. The Morgan fingerprint density at radius 3 is 2.86 bits per heavy atom. The van der Waals surface area contributed by atoms with E-state index in [-0.39, 0.29) is 6.04 Å². The molecule has 0 aliphatic heterocycles. The molecule has 0 spiro atoms. The minimum absolute atomic E-state index is 0.153. The Hall–Kier alpha value is -2.07. The maximum absolute atomic E-state index is 6.04. The van der Waals surface area contributed by atoms with Crippen LogP contribution in [0.4, 0.5) is 5.69 Å². The predicted molar refractivity (Wildman–Crippen MR) is 86.7 cm³/mol. The van der Waals surface area contributed by atoms with Gasteiger partial charge in [-0.25, -0.2) is 4.98 Å². The van der Waals surface area contributed by atoms with Crippen molar-refractivity contribution in [3.8, 4) is 0 Å². The number of pyridine rings is 1. The number of fused-ring (bicyclic) bond motifs is 1. The van der Waals surface area contributed by atoms with Crippen LogP contribution in [0.5, 0.6) is 0 Å². The molecular formula is C16H17ClN4. The molecule has 1 unspecified atom stereocenters. The first-order valence-corrected chi connectivity index (χ1v) is 7.24. The molecule has 0 radical (unpaired) electrons. The molecule has 1 atom stereocenters. The van der Waals surface area contributed by atoms with Gasteiger partial charge in [0.15, 0.2) is 5.65 Å². The molecule has 2 aromatic heterocycles. The second kappa shape index (κ2) is 5.37. The summed E-state index contributed by atoms with van der Waals surface area (Å²) in [5, 5.41) is 9.66. The summed E-state index contributed by atoms with van der Waals surface area (Å²) in [6, 6.07) is 10.1. The highest BCUT2D eigenvalue weighted by molar-refractivity contribution is 6.30. The zero-order valence-electron chi connectivity index (χ0n) is 12.3. The van der Waals surface area contributed by atoms with Gasteiger partial charge in [0, 0.05) is 23.5 Å². The number of nitrogens with one attached hydrogen (secondary N) is 1. The van der Waals surface area contributed by atoms with E-state index in [1.807, 2.05) is 38.4 Å². The third kappa shape index (κ3) is 2.72. The van der Waals surface area contributed by atoms with Crippen LogP contribution in [0.2, 0.25) is 5.02 Å². The second-order valence-corrected chi connectivity index (χ2v) is 5.66. The molecule has 0 amide bonds. The lowest BCUT2D eigenvalue weighted by atomic mass is 10.1. The fourth-order valence-corrected chi connectivity index (χ4v) is 2.69. The van der Waals surface area contributed by atoms with Gasteiger partial charge >= 0.3 is 0 Å². The van der Waals surface area contributed by atoms with Gasteiger partial charge in [0.2, 0.25) is 0 Å². The first-order chi connectivity index (χ1) is 10.0. The van der Waals surface area contributed by atoms with Crippen LogP contribution in [0.1, 0.15) is 24.2 Å². The highest BCUT2D eigenvalue weighted by Gasteiger charge is 2.10. The first-order valence-electron chi connectivity index (χ1n) is 6.86. The van der Waals surface area contributed by atoms with Gasteiger partial charge in [-0.05, 0) is 37.6 Å². The Kier molecular flexibility index (Phi) is 3.55. The zero-order chi connectivity index (χ0) is 15.0. The monoisotopic (exact) mass is 300 g/mol. The minimum atomic E-state index is 0.153. The summed E-state index contributed by atoms with van der Waals surface area (Å²) < 4.78 is 1.80. The van der Waals surface area contributed by atoms with Crippen molar-refractivity contribution in [3.63, 3.8) is 0 Å². The van der Waals surface area contributed by atoms with E-state index < -0.39 is 0 Å². The molecule has 108 valence electrons. The average Bonchev–Trinajstić information content (AvgIpc) is 2.74. The summed E-state index contributed by atoms with van der Waals surface area (Å²) in [6.07, 6.45) is 1.84. The first kappa shape index (κ1) is 13.9. The number of rotatable bonds is 3. The number of anilines is 1. The number of aryl methyl sites for hydroxylation is 2. The van der Waals surface area contributed by atoms with Crippen LogP contribution in [0.15, 0.2) is 36.5 Å². The van der Waals surface area contributed by atoms with Gasteiger partial charge in [-0.1, -0.05) is 23.7 Å². The van der Waals surface area contributed by atoms with Crippen molar-refractivity contribution >= 4 is 28.3 Å². The van der Waals surface area contributed by atoms with Gasteiger partial charge in [-0.2, -0.15) is 5.10 Å². The van der Waals surface area contributed by atoms with Gasteiger partial charge in [0.1, 0.15) is 0 Å². The van der Waals surface area contributed by atoms with Crippen LogP contribution in [0.3, 0.4) is 0 Å². The van der Waals surface area contributed by atoms with Crippen molar-refractivity contribution in [2.24, 2.45) is 7.05 Å². The third-order valence-corrected chi connectivity index (χ3v) is 3.83. The fourth-order valence-electron chi connectivity index (χ4n) is 2.50. The summed E-state index contributed by atoms with van der Waals surface area (Å²) in [5.74, 6) is 0. The highest BCUT2D eigenvalue weighted by atomic mass is 35.5. The van der Waals surface area contributed by atoms with Crippen LogP contribution in [-0.2, 0) is 7.05 Å². The maximum atomic E-state index is 6.04. The largest absolute Gasteiger partial charge is 0.377 e. The summed E-state index contributed by atoms with van der Waals surface area (Å²) in [4.78, 5) is 4.48. The maximum Gasteiger partial charge on any atom is 0.157 e. The molecule has 4 nitrogen and oxygen atoms in total. The molecule has 3 aromatic rings. The summed E-state index contributed by atoms with van der Waals surface area (Å²) in [7, 11) is 1.91. The molecule has 0 bridgehead atoms. The van der Waals surface area contributed by atoms with Crippen molar-refractivity contribution < 1.29 is 0 Å². The number of halogens is 1. The number of aromatic nitrogens is 3. The van der Waals surface area contributed by atoms with E-state index in [0.717, 1.165) is 33.0 Å². The topological polar surface area (TPSA) is 42.7 Å². The van der Waals surface area contributed by atoms with Crippen LogP contribution in [0.25, 0.3) is 11.0 Å². The van der Waals surface area contributed by atoms with E-state index in [2.05, 4.69) is 34.5 Å². The normalized spacial score (nSPS) is 12.6. The summed E-state index contributed by atoms with van der Waals surface area (Å²) >= 11 is 6.04. The predicted octanol–water partition coefficient (Wildman–Crippen LogP) is 4.10. The SMILES string of the molecule is Cc1nn(C)c2ncc(NC(C)c3cccc(Cl)c3)cc12. The Morgan fingerprint density at radius 1 is 1.29 bits per heavy atom. The van der Waals surface area contributed by atoms with Crippen LogP contribution < -0.4 is 5.32 Å². The van der Waals surface area contributed by atoms with Crippen molar-refractivity contribution in [2.45, 2.75) is 19.9 Å². The van der Waals surface area contributed by atoms with Crippen molar-refractivity contribution in [3.05, 3.63) is 52.8 Å². The van der Waals surface area contributed by atoms with E-state index in [9.17, 15) is 0 Å².